The third kappa shape index (κ3) is 2.79. The fourth-order valence-corrected chi connectivity index (χ4v) is 2.12. The molecular formula is C14H17ClN4. The van der Waals surface area contributed by atoms with Crippen LogP contribution >= 0.6 is 11.6 Å². The normalized spacial score (nSPS) is 10.3. The van der Waals surface area contributed by atoms with Crippen LogP contribution in [0.5, 0.6) is 0 Å². The van der Waals surface area contributed by atoms with Gasteiger partial charge in [0.05, 0.1) is 0 Å². The predicted molar refractivity (Wildman–Crippen MR) is 80.4 cm³/mol. The van der Waals surface area contributed by atoms with E-state index in [-0.39, 0.29) is 0 Å². The van der Waals surface area contributed by atoms with Gasteiger partial charge < -0.3 is 10.6 Å². The zero-order valence-corrected chi connectivity index (χ0v) is 12.0. The number of hydrogen-bond acceptors (Lipinski definition) is 4. The Labute approximate surface area is 118 Å². The highest BCUT2D eigenvalue weighted by molar-refractivity contribution is 6.31. The monoisotopic (exact) mass is 276 g/mol. The van der Waals surface area contributed by atoms with Gasteiger partial charge in [0.2, 0.25) is 0 Å². The Bertz CT molecular complexity index is 584. The molecule has 0 bridgehead atoms. The van der Waals surface area contributed by atoms with Crippen molar-refractivity contribution >= 4 is 28.9 Å². The van der Waals surface area contributed by atoms with Gasteiger partial charge in [0.1, 0.15) is 18.0 Å². The van der Waals surface area contributed by atoms with E-state index in [1.165, 1.54) is 0 Å². The number of rotatable bonds is 4. The standard InChI is InChI=1S/C14H17ClN4/c1-4-10-13(16-3)17-8-18-14(10)19-12-7-5-6-11(15)9(12)2/h5-8H,4H2,1-3H3,(H2,16,17,18,19). The third-order valence-corrected chi connectivity index (χ3v) is 3.47. The van der Waals surface area contributed by atoms with Crippen molar-refractivity contribution < 1.29 is 0 Å². The molecule has 2 aromatic rings. The highest BCUT2D eigenvalue weighted by atomic mass is 35.5. The van der Waals surface area contributed by atoms with Gasteiger partial charge in [0.25, 0.3) is 0 Å². The second-order valence-corrected chi connectivity index (χ2v) is 4.60. The van der Waals surface area contributed by atoms with E-state index in [0.717, 1.165) is 39.9 Å². The van der Waals surface area contributed by atoms with Gasteiger partial charge in [-0.1, -0.05) is 24.6 Å². The summed E-state index contributed by atoms with van der Waals surface area (Å²) in [4.78, 5) is 8.54. The maximum Gasteiger partial charge on any atom is 0.139 e. The van der Waals surface area contributed by atoms with E-state index in [4.69, 9.17) is 11.6 Å². The largest absolute Gasteiger partial charge is 0.373 e. The lowest BCUT2D eigenvalue weighted by molar-refractivity contribution is 1.05. The summed E-state index contributed by atoms with van der Waals surface area (Å²) >= 11 is 6.13. The summed E-state index contributed by atoms with van der Waals surface area (Å²) in [6.45, 7) is 4.06. The van der Waals surface area contributed by atoms with E-state index < -0.39 is 0 Å². The molecule has 0 aliphatic rings. The number of benzene rings is 1. The Hall–Kier alpha value is -1.81. The lowest BCUT2D eigenvalue weighted by atomic mass is 10.1. The van der Waals surface area contributed by atoms with Crippen molar-refractivity contribution in [2.45, 2.75) is 20.3 Å². The molecule has 0 spiro atoms. The Kier molecular flexibility index (Phi) is 4.22. The van der Waals surface area contributed by atoms with Crippen LogP contribution in [-0.2, 0) is 6.42 Å². The molecular weight excluding hydrogens is 260 g/mol. The maximum absolute atomic E-state index is 6.13. The molecule has 0 saturated heterocycles. The lowest BCUT2D eigenvalue weighted by Gasteiger charge is -2.14. The second-order valence-electron chi connectivity index (χ2n) is 4.19. The minimum absolute atomic E-state index is 0.742. The van der Waals surface area contributed by atoms with Gasteiger partial charge >= 0.3 is 0 Å². The number of hydrogen-bond donors (Lipinski definition) is 2. The van der Waals surface area contributed by atoms with Crippen LogP contribution in [0.4, 0.5) is 17.3 Å². The van der Waals surface area contributed by atoms with E-state index in [9.17, 15) is 0 Å². The van der Waals surface area contributed by atoms with E-state index >= 15 is 0 Å². The first-order valence-electron chi connectivity index (χ1n) is 6.21. The van der Waals surface area contributed by atoms with Crippen molar-refractivity contribution in [3.05, 3.63) is 40.7 Å². The summed E-state index contributed by atoms with van der Waals surface area (Å²) in [5.74, 6) is 1.66. The molecule has 0 amide bonds. The maximum atomic E-state index is 6.13. The van der Waals surface area contributed by atoms with Gasteiger partial charge in [0.15, 0.2) is 0 Å². The van der Waals surface area contributed by atoms with E-state index in [2.05, 4.69) is 27.5 Å². The highest BCUT2D eigenvalue weighted by Gasteiger charge is 2.10. The Balaban J connectivity index is 2.41. The molecule has 0 fully saturated rings. The van der Waals surface area contributed by atoms with Crippen LogP contribution in [0.15, 0.2) is 24.5 Å². The van der Waals surface area contributed by atoms with Crippen LogP contribution in [-0.4, -0.2) is 17.0 Å². The number of nitrogens with zero attached hydrogens (tertiary/aromatic N) is 2. The molecule has 0 saturated carbocycles. The van der Waals surface area contributed by atoms with Crippen molar-refractivity contribution in [1.29, 1.82) is 0 Å². The Morgan fingerprint density at radius 2 is 1.95 bits per heavy atom. The van der Waals surface area contributed by atoms with Crippen LogP contribution in [0.2, 0.25) is 5.02 Å². The summed E-state index contributed by atoms with van der Waals surface area (Å²) in [7, 11) is 1.86. The molecule has 1 aromatic heterocycles. The molecule has 100 valence electrons. The van der Waals surface area contributed by atoms with E-state index in [1.54, 1.807) is 6.33 Å². The first-order chi connectivity index (χ1) is 9.17. The van der Waals surface area contributed by atoms with Crippen molar-refractivity contribution in [2.24, 2.45) is 0 Å². The van der Waals surface area contributed by atoms with Crippen molar-refractivity contribution in [1.82, 2.24) is 9.97 Å². The quantitative estimate of drug-likeness (QED) is 0.892. The van der Waals surface area contributed by atoms with Gasteiger partial charge in [-0.15, -0.1) is 0 Å². The molecule has 1 aromatic carbocycles. The molecule has 0 atom stereocenters. The first kappa shape index (κ1) is 13.6. The van der Waals surface area contributed by atoms with Crippen LogP contribution in [0.1, 0.15) is 18.1 Å². The molecule has 2 rings (SSSR count). The summed E-state index contributed by atoms with van der Waals surface area (Å²) in [5.41, 5.74) is 3.03. The minimum Gasteiger partial charge on any atom is -0.373 e. The van der Waals surface area contributed by atoms with Gasteiger partial charge in [-0.25, -0.2) is 9.97 Å². The summed E-state index contributed by atoms with van der Waals surface area (Å²) in [6.07, 6.45) is 2.40. The first-order valence-corrected chi connectivity index (χ1v) is 6.59. The topological polar surface area (TPSA) is 49.8 Å². The summed E-state index contributed by atoms with van der Waals surface area (Å²) in [5, 5.41) is 7.15. The van der Waals surface area contributed by atoms with Gasteiger partial charge in [0, 0.05) is 23.3 Å². The zero-order chi connectivity index (χ0) is 13.8. The molecule has 2 N–H and O–H groups in total. The van der Waals surface area contributed by atoms with Gasteiger partial charge in [-0.3, -0.25) is 0 Å². The van der Waals surface area contributed by atoms with E-state index in [0.29, 0.717) is 0 Å². The molecule has 1 heterocycles. The molecule has 4 nitrogen and oxygen atoms in total. The fraction of sp³-hybridized carbons (Fsp3) is 0.286. The number of aromatic nitrogens is 2. The fourth-order valence-electron chi connectivity index (χ4n) is 1.94. The zero-order valence-electron chi connectivity index (χ0n) is 11.3. The van der Waals surface area contributed by atoms with Crippen molar-refractivity contribution in [2.75, 3.05) is 17.7 Å². The average Bonchev–Trinajstić information content (AvgIpc) is 2.43. The van der Waals surface area contributed by atoms with Crippen molar-refractivity contribution in [3.63, 3.8) is 0 Å². The van der Waals surface area contributed by atoms with Crippen molar-refractivity contribution in [3.8, 4) is 0 Å². The minimum atomic E-state index is 0.742. The van der Waals surface area contributed by atoms with Crippen LogP contribution in [0.25, 0.3) is 0 Å². The summed E-state index contributed by atoms with van der Waals surface area (Å²) in [6, 6.07) is 5.78. The molecule has 5 heteroatoms. The second kappa shape index (κ2) is 5.89. The van der Waals surface area contributed by atoms with Crippen LogP contribution in [0.3, 0.4) is 0 Å². The van der Waals surface area contributed by atoms with Crippen LogP contribution < -0.4 is 10.6 Å². The molecule has 0 aliphatic carbocycles. The lowest BCUT2D eigenvalue weighted by Crippen LogP contribution is -2.05. The third-order valence-electron chi connectivity index (χ3n) is 3.06. The van der Waals surface area contributed by atoms with Gasteiger partial charge in [-0.2, -0.15) is 0 Å². The predicted octanol–water partition coefficient (Wildman–Crippen LogP) is 3.79. The van der Waals surface area contributed by atoms with E-state index in [1.807, 2.05) is 32.2 Å². The number of halogens is 1. The summed E-state index contributed by atoms with van der Waals surface area (Å²) < 4.78 is 0. The average molecular weight is 277 g/mol. The SMILES string of the molecule is CCc1c(NC)ncnc1Nc1cccc(Cl)c1C. The molecule has 0 aliphatic heterocycles. The smallest absolute Gasteiger partial charge is 0.139 e. The van der Waals surface area contributed by atoms with Gasteiger partial charge in [-0.05, 0) is 31.0 Å². The molecule has 0 unspecified atom stereocenters. The highest BCUT2D eigenvalue weighted by Crippen LogP contribution is 2.28. The molecule has 0 radical (unpaired) electrons. The molecule has 19 heavy (non-hydrogen) atoms. The van der Waals surface area contributed by atoms with Crippen LogP contribution in [0, 0.1) is 6.92 Å². The number of nitrogens with one attached hydrogen (secondary N) is 2. The Morgan fingerprint density at radius 3 is 2.63 bits per heavy atom. The Morgan fingerprint density at radius 1 is 1.21 bits per heavy atom. The number of anilines is 3.